The lowest BCUT2D eigenvalue weighted by molar-refractivity contribution is 0.123. The maximum atomic E-state index is 12.1. The van der Waals surface area contributed by atoms with Crippen LogP contribution in [0.25, 0.3) is 0 Å². The lowest BCUT2D eigenvalue weighted by Gasteiger charge is -2.24. The van der Waals surface area contributed by atoms with Crippen LogP contribution in [-0.4, -0.2) is 58.5 Å². The van der Waals surface area contributed by atoms with Gasteiger partial charge in [0, 0.05) is 33.7 Å². The Morgan fingerprint density at radius 2 is 2.47 bits per heavy atom. The SMILES string of the molecule is COC[C@@H]1CCCN1C(=O)NCCc1ncnn1C. The molecule has 7 heteroatoms. The molecule has 0 aliphatic carbocycles. The summed E-state index contributed by atoms with van der Waals surface area (Å²) in [6.45, 7) is 1.99. The Morgan fingerprint density at radius 1 is 1.63 bits per heavy atom. The van der Waals surface area contributed by atoms with Gasteiger partial charge in [-0.15, -0.1) is 0 Å². The van der Waals surface area contributed by atoms with Crippen molar-refractivity contribution in [3.05, 3.63) is 12.2 Å². The van der Waals surface area contributed by atoms with Gasteiger partial charge in [-0.25, -0.2) is 9.78 Å². The number of ether oxygens (including phenoxy) is 1. The minimum absolute atomic E-state index is 0.0123. The van der Waals surface area contributed by atoms with E-state index in [0.29, 0.717) is 19.6 Å². The van der Waals surface area contributed by atoms with Gasteiger partial charge in [-0.1, -0.05) is 0 Å². The first kappa shape index (κ1) is 13.8. The van der Waals surface area contributed by atoms with E-state index in [0.717, 1.165) is 25.2 Å². The molecule has 19 heavy (non-hydrogen) atoms. The van der Waals surface area contributed by atoms with Crippen molar-refractivity contribution < 1.29 is 9.53 Å². The third-order valence-electron chi connectivity index (χ3n) is 3.43. The van der Waals surface area contributed by atoms with E-state index >= 15 is 0 Å². The van der Waals surface area contributed by atoms with Gasteiger partial charge in [-0.2, -0.15) is 5.10 Å². The molecule has 106 valence electrons. The minimum atomic E-state index is -0.0123. The molecule has 2 amide bonds. The monoisotopic (exact) mass is 267 g/mol. The Morgan fingerprint density at radius 3 is 3.16 bits per heavy atom. The lowest BCUT2D eigenvalue weighted by atomic mass is 10.2. The van der Waals surface area contributed by atoms with Crippen molar-refractivity contribution in [1.29, 1.82) is 0 Å². The molecule has 0 spiro atoms. The topological polar surface area (TPSA) is 72.3 Å². The van der Waals surface area contributed by atoms with E-state index in [9.17, 15) is 4.79 Å². The Kier molecular flexibility index (Phi) is 4.73. The maximum absolute atomic E-state index is 12.1. The molecule has 1 aliphatic rings. The molecule has 1 aromatic rings. The highest BCUT2D eigenvalue weighted by Gasteiger charge is 2.28. The fourth-order valence-corrected chi connectivity index (χ4v) is 2.40. The van der Waals surface area contributed by atoms with Crippen LogP contribution in [0.2, 0.25) is 0 Å². The summed E-state index contributed by atoms with van der Waals surface area (Å²) < 4.78 is 6.86. The number of rotatable bonds is 5. The zero-order valence-corrected chi connectivity index (χ0v) is 11.5. The summed E-state index contributed by atoms with van der Waals surface area (Å²) >= 11 is 0. The molecule has 2 rings (SSSR count). The van der Waals surface area contributed by atoms with Crippen LogP contribution < -0.4 is 5.32 Å². The second kappa shape index (κ2) is 6.51. The molecule has 1 saturated heterocycles. The van der Waals surface area contributed by atoms with Crippen molar-refractivity contribution in [3.63, 3.8) is 0 Å². The standard InChI is InChI=1S/C12H21N5O2/c1-16-11(14-9-15-16)5-6-13-12(18)17-7-3-4-10(17)8-19-2/h9-10H,3-8H2,1-2H3,(H,13,18)/t10-/m0/s1. The summed E-state index contributed by atoms with van der Waals surface area (Å²) in [6, 6.07) is 0.196. The molecule has 2 heterocycles. The first-order valence-electron chi connectivity index (χ1n) is 6.58. The van der Waals surface area contributed by atoms with E-state index in [4.69, 9.17) is 4.74 Å². The average Bonchev–Trinajstić information content (AvgIpc) is 3.00. The molecule has 7 nitrogen and oxygen atoms in total. The summed E-state index contributed by atoms with van der Waals surface area (Å²) in [5.41, 5.74) is 0. The smallest absolute Gasteiger partial charge is 0.317 e. The van der Waals surface area contributed by atoms with Crippen LogP contribution in [0.15, 0.2) is 6.33 Å². The van der Waals surface area contributed by atoms with E-state index in [1.807, 2.05) is 11.9 Å². The van der Waals surface area contributed by atoms with Crippen LogP contribution in [0.1, 0.15) is 18.7 Å². The van der Waals surface area contributed by atoms with Gasteiger partial charge in [0.05, 0.1) is 12.6 Å². The van der Waals surface area contributed by atoms with Crippen molar-refractivity contribution >= 4 is 6.03 Å². The van der Waals surface area contributed by atoms with Crippen molar-refractivity contribution in [1.82, 2.24) is 25.0 Å². The van der Waals surface area contributed by atoms with E-state index in [2.05, 4.69) is 15.4 Å². The average molecular weight is 267 g/mol. The molecule has 0 saturated carbocycles. The molecule has 1 N–H and O–H groups in total. The van der Waals surface area contributed by atoms with Crippen LogP contribution in [0, 0.1) is 0 Å². The van der Waals surface area contributed by atoms with Crippen LogP contribution in [0.3, 0.4) is 0 Å². The third kappa shape index (κ3) is 3.44. The normalized spacial score (nSPS) is 18.8. The van der Waals surface area contributed by atoms with Gasteiger partial charge in [-0.05, 0) is 12.8 Å². The maximum Gasteiger partial charge on any atom is 0.317 e. The molecule has 0 aromatic carbocycles. The highest BCUT2D eigenvalue weighted by molar-refractivity contribution is 5.74. The lowest BCUT2D eigenvalue weighted by Crippen LogP contribution is -2.45. The van der Waals surface area contributed by atoms with Gasteiger partial charge in [-0.3, -0.25) is 4.68 Å². The molecular weight excluding hydrogens is 246 g/mol. The Bertz CT molecular complexity index is 420. The number of hydrogen-bond donors (Lipinski definition) is 1. The molecule has 0 unspecified atom stereocenters. The van der Waals surface area contributed by atoms with E-state index in [-0.39, 0.29) is 12.1 Å². The number of aromatic nitrogens is 3. The van der Waals surface area contributed by atoms with Gasteiger partial charge in [0.15, 0.2) is 0 Å². The molecule has 0 bridgehead atoms. The molecule has 1 aliphatic heterocycles. The van der Waals surface area contributed by atoms with Gasteiger partial charge in [0.25, 0.3) is 0 Å². The predicted molar refractivity (Wildman–Crippen MR) is 69.7 cm³/mol. The van der Waals surface area contributed by atoms with Crippen molar-refractivity contribution in [2.45, 2.75) is 25.3 Å². The Hall–Kier alpha value is -1.63. The minimum Gasteiger partial charge on any atom is -0.383 e. The van der Waals surface area contributed by atoms with Gasteiger partial charge >= 0.3 is 6.03 Å². The number of hydrogen-bond acceptors (Lipinski definition) is 4. The van der Waals surface area contributed by atoms with Crippen LogP contribution >= 0.6 is 0 Å². The second-order valence-corrected chi connectivity index (χ2v) is 4.73. The number of carbonyl (C=O) groups excluding carboxylic acids is 1. The summed E-state index contributed by atoms with van der Waals surface area (Å²) in [5.74, 6) is 0.871. The molecule has 1 aromatic heterocycles. The van der Waals surface area contributed by atoms with E-state index in [1.165, 1.54) is 6.33 Å². The summed E-state index contributed by atoms with van der Waals surface area (Å²) in [6.07, 6.45) is 4.27. The largest absolute Gasteiger partial charge is 0.383 e. The fraction of sp³-hybridized carbons (Fsp3) is 0.750. The second-order valence-electron chi connectivity index (χ2n) is 4.73. The first-order chi connectivity index (χ1) is 9.22. The zero-order valence-electron chi connectivity index (χ0n) is 11.5. The van der Waals surface area contributed by atoms with E-state index in [1.54, 1.807) is 11.8 Å². The summed E-state index contributed by atoms with van der Waals surface area (Å²) in [4.78, 5) is 18.0. The first-order valence-corrected chi connectivity index (χ1v) is 6.58. The van der Waals surface area contributed by atoms with Crippen LogP contribution in [0.4, 0.5) is 4.79 Å². The van der Waals surface area contributed by atoms with Crippen LogP contribution in [-0.2, 0) is 18.2 Å². The summed E-state index contributed by atoms with van der Waals surface area (Å²) in [7, 11) is 3.52. The Labute approximate surface area is 112 Å². The number of aryl methyl sites for hydroxylation is 1. The predicted octanol–water partition coefficient (Wildman–Crippen LogP) is 0.178. The number of nitrogens with one attached hydrogen (secondary N) is 1. The van der Waals surface area contributed by atoms with Gasteiger partial charge in [0.2, 0.25) is 0 Å². The molecule has 1 fully saturated rings. The number of likely N-dealkylation sites (tertiary alicyclic amines) is 1. The quantitative estimate of drug-likeness (QED) is 0.826. The van der Waals surface area contributed by atoms with Crippen molar-refractivity contribution in [2.24, 2.45) is 7.05 Å². The summed E-state index contributed by atoms with van der Waals surface area (Å²) in [5, 5.41) is 6.92. The van der Waals surface area contributed by atoms with E-state index < -0.39 is 0 Å². The Balaban J connectivity index is 1.76. The number of urea groups is 1. The van der Waals surface area contributed by atoms with Crippen LogP contribution in [0.5, 0.6) is 0 Å². The third-order valence-corrected chi connectivity index (χ3v) is 3.43. The fourth-order valence-electron chi connectivity index (χ4n) is 2.40. The number of amides is 2. The number of methoxy groups -OCH3 is 1. The van der Waals surface area contributed by atoms with Crippen molar-refractivity contribution in [2.75, 3.05) is 26.8 Å². The number of nitrogens with zero attached hydrogens (tertiary/aromatic N) is 4. The van der Waals surface area contributed by atoms with Gasteiger partial charge < -0.3 is 15.0 Å². The highest BCUT2D eigenvalue weighted by atomic mass is 16.5. The molecular formula is C12H21N5O2. The highest BCUT2D eigenvalue weighted by Crippen LogP contribution is 2.17. The molecule has 1 atom stereocenters. The van der Waals surface area contributed by atoms with Crippen molar-refractivity contribution in [3.8, 4) is 0 Å². The molecule has 0 radical (unpaired) electrons. The van der Waals surface area contributed by atoms with Gasteiger partial charge in [0.1, 0.15) is 12.2 Å². The number of carbonyl (C=O) groups is 1. The zero-order chi connectivity index (χ0) is 13.7.